The number of nitrogens with zero attached hydrogens (tertiary/aromatic N) is 11. The first-order valence-electron chi connectivity index (χ1n) is 19.4. The Morgan fingerprint density at radius 2 is 0.969 bits per heavy atom. The van der Waals surface area contributed by atoms with Crippen LogP contribution >= 0.6 is 24.0 Å². The number of carboxylic acids is 1. The second-order valence-electron chi connectivity index (χ2n) is 15.3. The number of piperidine rings is 2. The SMILES string of the molecule is C.C.C1CC2CC(C1)O2.CC(=O)c1cnn2ccc(Cl)nc12.CC(=O)c1cnn2ccc(N3CC4CC(C3)O4)nc12.Cl.O.O=C(O)c1cnn2ccc(N3CC4CC(C3)O4)nc12.[Li+].[OH-]. The first kappa shape index (κ1) is 53.6. The number of fused-ring (bicyclic) bond motifs is 9. The Kier molecular flexibility index (Phi) is 18.8. The first-order valence-corrected chi connectivity index (χ1v) is 19.8. The van der Waals surface area contributed by atoms with Gasteiger partial charge in [-0.2, -0.15) is 15.3 Å². The van der Waals surface area contributed by atoms with Gasteiger partial charge in [0.1, 0.15) is 22.4 Å². The zero-order valence-corrected chi connectivity index (χ0v) is 35.9. The molecule has 20 nitrogen and oxygen atoms in total. The molecule has 342 valence electrons. The zero-order chi connectivity index (χ0) is 40.1. The van der Waals surface area contributed by atoms with Gasteiger partial charge in [-0.1, -0.05) is 26.5 Å². The van der Waals surface area contributed by atoms with E-state index in [9.17, 15) is 14.4 Å². The van der Waals surface area contributed by atoms with Crippen LogP contribution in [0.1, 0.15) is 98.3 Å². The van der Waals surface area contributed by atoms with Gasteiger partial charge in [0.2, 0.25) is 0 Å². The van der Waals surface area contributed by atoms with Crippen molar-refractivity contribution in [2.75, 3.05) is 36.0 Å². The van der Waals surface area contributed by atoms with Gasteiger partial charge in [-0.05, 0) is 57.7 Å². The number of Topliss-reactive ketones (excluding diaryl/α,β-unsaturated/α-hetero) is 2. The number of hydrogen-bond donors (Lipinski definition) is 1. The minimum Gasteiger partial charge on any atom is -0.870 e. The molecule has 9 aliphatic rings. The van der Waals surface area contributed by atoms with Crippen molar-refractivity contribution in [3.8, 4) is 0 Å². The number of carbonyl (C=O) groups is 3. The fourth-order valence-electron chi connectivity index (χ4n) is 8.15. The summed E-state index contributed by atoms with van der Waals surface area (Å²) >= 11 is 5.69. The van der Waals surface area contributed by atoms with Gasteiger partial charge in [-0.25, -0.2) is 33.3 Å². The second-order valence-corrected chi connectivity index (χ2v) is 15.7. The van der Waals surface area contributed by atoms with Gasteiger partial charge < -0.3 is 40.1 Å². The molecular formula is C41H54Cl2LiN11O9. The minimum atomic E-state index is -1.01. The number of rotatable bonds is 5. The van der Waals surface area contributed by atoms with E-state index in [1.54, 1.807) is 29.2 Å². The van der Waals surface area contributed by atoms with Gasteiger partial charge in [-0.3, -0.25) is 9.59 Å². The topological polar surface area (TPSA) is 258 Å². The summed E-state index contributed by atoms with van der Waals surface area (Å²) in [6, 6.07) is 5.41. The quantitative estimate of drug-likeness (QED) is 0.147. The number of carbonyl (C=O) groups excluding carboxylic acids is 2. The molecule has 1 aliphatic carbocycles. The number of ether oxygens (including phenoxy) is 3. The Balaban J connectivity index is 0.000000230. The molecule has 8 aliphatic heterocycles. The molecule has 8 saturated heterocycles. The molecule has 64 heavy (non-hydrogen) atoms. The van der Waals surface area contributed by atoms with Crippen LogP contribution in [0.2, 0.25) is 5.15 Å². The molecular weight excluding hydrogens is 868 g/mol. The summed E-state index contributed by atoms with van der Waals surface area (Å²) in [5, 5.41) is 21.5. The molecule has 9 fully saturated rings. The molecule has 6 atom stereocenters. The van der Waals surface area contributed by atoms with E-state index in [2.05, 4.69) is 40.0 Å². The summed E-state index contributed by atoms with van der Waals surface area (Å²) in [7, 11) is 0. The molecule has 0 spiro atoms. The van der Waals surface area contributed by atoms with E-state index in [1.165, 1.54) is 61.0 Å². The third kappa shape index (κ3) is 11.2. The minimum absolute atomic E-state index is 0. The van der Waals surface area contributed by atoms with Gasteiger partial charge >= 0.3 is 24.8 Å². The maximum Gasteiger partial charge on any atom is 1.00 e. The summed E-state index contributed by atoms with van der Waals surface area (Å²) in [4.78, 5) is 51.1. The summed E-state index contributed by atoms with van der Waals surface area (Å²) in [5.41, 5.74) is 2.69. The molecule has 0 radical (unpaired) electrons. The third-order valence-electron chi connectivity index (χ3n) is 11.2. The van der Waals surface area contributed by atoms with E-state index in [0.717, 1.165) is 50.7 Å². The van der Waals surface area contributed by atoms with Crippen LogP contribution in [0.3, 0.4) is 0 Å². The van der Waals surface area contributed by atoms with Gasteiger partial charge in [0, 0.05) is 57.6 Å². The van der Waals surface area contributed by atoms with Crippen molar-refractivity contribution in [2.45, 2.75) is 104 Å². The van der Waals surface area contributed by atoms with Crippen molar-refractivity contribution in [3.63, 3.8) is 0 Å². The zero-order valence-electron chi connectivity index (χ0n) is 34.3. The molecule has 15 rings (SSSR count). The van der Waals surface area contributed by atoms with Crippen LogP contribution in [-0.4, -0.2) is 140 Å². The molecule has 6 aromatic rings. The number of morpholine rings is 2. The van der Waals surface area contributed by atoms with Crippen LogP contribution in [0, 0.1) is 0 Å². The van der Waals surface area contributed by atoms with Crippen molar-refractivity contribution in [2.24, 2.45) is 0 Å². The smallest absolute Gasteiger partial charge is 0.870 e. The second kappa shape index (κ2) is 22.4. The summed E-state index contributed by atoms with van der Waals surface area (Å²) in [5.74, 6) is 0.598. The number of hydrogen-bond acceptors (Lipinski definition) is 15. The summed E-state index contributed by atoms with van der Waals surface area (Å²) in [6.45, 7) is 6.40. The molecule has 4 N–H and O–H groups in total. The predicted molar refractivity (Wildman–Crippen MR) is 235 cm³/mol. The summed E-state index contributed by atoms with van der Waals surface area (Å²) in [6.07, 6.45) is 20.0. The maximum absolute atomic E-state index is 11.5. The van der Waals surface area contributed by atoms with Crippen LogP contribution < -0.4 is 28.7 Å². The number of anilines is 2. The fraction of sp³-hybridized carbons (Fsp3) is 0.488. The third-order valence-corrected chi connectivity index (χ3v) is 11.4. The van der Waals surface area contributed by atoms with E-state index >= 15 is 0 Å². The standard InChI is InChI=1S/C13H14N4O2.C12H12N4O3.C8H6ClN3O.C6H10O.2CH4.ClH.Li.2H2O/c1-8(18)11-5-14-17-3-2-12(15-13(11)17)16-6-9-4-10(7-16)19-9;17-12(18)9-4-13-16-2-1-10(14-11(9)16)15-5-7-3-8(6-15)19-7;1-5(13)6-4-10-12-3-2-7(9)11-8(6)12;1-2-5-4-6(3-1)7-5;;;;;;/h2-3,5,9-10H,4,6-7H2,1H3;1-2,4,7-8H,3,5-6H2,(H,17,18);2-4H,1H3;5-6H,1-4H2;2*1H4;1H;;2*1H2/q;;;;;;;+1;;/p-1. The number of halogens is 2. The Morgan fingerprint density at radius 1 is 0.625 bits per heavy atom. The van der Waals surface area contributed by atoms with Gasteiger partial charge in [-0.15, -0.1) is 12.4 Å². The summed E-state index contributed by atoms with van der Waals surface area (Å²) < 4.78 is 21.2. The molecule has 14 heterocycles. The first-order chi connectivity index (χ1) is 28.0. The maximum atomic E-state index is 11.5. The van der Waals surface area contributed by atoms with Crippen LogP contribution in [-0.2, 0) is 14.2 Å². The van der Waals surface area contributed by atoms with E-state index in [4.69, 9.17) is 30.9 Å². The van der Waals surface area contributed by atoms with Crippen molar-refractivity contribution >= 4 is 70.1 Å². The van der Waals surface area contributed by atoms with Gasteiger partial charge in [0.25, 0.3) is 0 Å². The van der Waals surface area contributed by atoms with Crippen LogP contribution in [0.4, 0.5) is 11.6 Å². The van der Waals surface area contributed by atoms with E-state index in [-0.39, 0.29) is 74.2 Å². The molecule has 1 saturated carbocycles. The molecule has 6 unspecified atom stereocenters. The van der Waals surface area contributed by atoms with E-state index in [1.807, 2.05) is 18.3 Å². The number of ketones is 2. The average Bonchev–Trinajstić information content (AvgIpc) is 3.95. The van der Waals surface area contributed by atoms with Crippen molar-refractivity contribution in [3.05, 3.63) is 77.2 Å². The largest absolute Gasteiger partial charge is 1.00 e. The van der Waals surface area contributed by atoms with Crippen LogP contribution in [0.5, 0.6) is 0 Å². The van der Waals surface area contributed by atoms with Crippen molar-refractivity contribution in [1.29, 1.82) is 0 Å². The Hall–Kier alpha value is -4.75. The van der Waals surface area contributed by atoms with Gasteiger partial charge in [0.05, 0.1) is 66.3 Å². The van der Waals surface area contributed by atoms with E-state index in [0.29, 0.717) is 69.8 Å². The molecule has 6 aromatic heterocycles. The molecule has 23 heteroatoms. The number of aromatic nitrogens is 9. The monoisotopic (exact) mass is 921 g/mol. The average molecular weight is 923 g/mol. The van der Waals surface area contributed by atoms with E-state index < -0.39 is 5.97 Å². The van der Waals surface area contributed by atoms with Crippen LogP contribution in [0.15, 0.2) is 55.4 Å². The predicted octanol–water partition coefficient (Wildman–Crippen LogP) is 1.92. The Morgan fingerprint density at radius 3 is 1.31 bits per heavy atom. The molecule has 0 aromatic carbocycles. The Labute approximate surface area is 392 Å². The fourth-order valence-corrected chi connectivity index (χ4v) is 8.29. The van der Waals surface area contributed by atoms with Crippen LogP contribution in [0.25, 0.3) is 16.9 Å². The van der Waals surface area contributed by atoms with Crippen molar-refractivity contribution in [1.82, 2.24) is 43.8 Å². The van der Waals surface area contributed by atoms with Gasteiger partial charge in [0.15, 0.2) is 28.5 Å². The molecule has 0 amide bonds. The number of carboxylic acid groups (broad SMARTS) is 1. The molecule has 6 bridgehead atoms. The van der Waals surface area contributed by atoms with Crippen molar-refractivity contribution < 1.29 is 63.5 Å². The Bertz CT molecular complexity index is 2370. The number of aromatic carboxylic acids is 1. The normalized spacial score (nSPS) is 22.5.